The van der Waals surface area contributed by atoms with Gasteiger partial charge in [0, 0.05) is 19.6 Å². The van der Waals surface area contributed by atoms with Gasteiger partial charge in [-0.25, -0.2) is 4.98 Å². The number of hydrogen-bond acceptors (Lipinski definition) is 3. The van der Waals surface area contributed by atoms with Crippen molar-refractivity contribution in [3.05, 3.63) is 23.9 Å². The van der Waals surface area contributed by atoms with Gasteiger partial charge in [0.15, 0.2) is 0 Å². The number of pyridine rings is 1. The van der Waals surface area contributed by atoms with Gasteiger partial charge in [0.1, 0.15) is 5.82 Å². The molecule has 1 atom stereocenters. The molecule has 2 heterocycles. The quantitative estimate of drug-likeness (QED) is 0.882. The average Bonchev–Trinajstić information content (AvgIpc) is 2.66. The third kappa shape index (κ3) is 4.20. The Bertz CT molecular complexity index is 378. The van der Waals surface area contributed by atoms with Crippen LogP contribution in [0.2, 0.25) is 0 Å². The summed E-state index contributed by atoms with van der Waals surface area (Å²) in [5, 5.41) is 3.17. The van der Waals surface area contributed by atoms with Crippen molar-refractivity contribution in [3.8, 4) is 0 Å². The highest BCUT2D eigenvalue weighted by Crippen LogP contribution is 2.24. The van der Waals surface area contributed by atoms with E-state index in [2.05, 4.69) is 35.3 Å². The summed E-state index contributed by atoms with van der Waals surface area (Å²) in [4.78, 5) is 7.23. The number of anilines is 1. The van der Waals surface area contributed by atoms with Crippen LogP contribution in [0.15, 0.2) is 18.2 Å². The summed E-state index contributed by atoms with van der Waals surface area (Å²) in [6, 6.07) is 6.38. The SMILES string of the molecule is CCCC1CCCN(c2cccc(CNC)n2)CC1. The molecule has 1 N–H and O–H groups in total. The minimum absolute atomic E-state index is 0.847. The van der Waals surface area contributed by atoms with Crippen LogP contribution in [0.25, 0.3) is 0 Å². The lowest BCUT2D eigenvalue weighted by Crippen LogP contribution is -2.25. The zero-order chi connectivity index (χ0) is 13.5. The molecule has 0 aromatic carbocycles. The Hall–Kier alpha value is -1.09. The third-order valence-corrected chi connectivity index (χ3v) is 4.02. The zero-order valence-electron chi connectivity index (χ0n) is 12.4. The second-order valence-corrected chi connectivity index (χ2v) is 5.59. The van der Waals surface area contributed by atoms with Crippen LogP contribution < -0.4 is 10.2 Å². The number of nitrogens with zero attached hydrogens (tertiary/aromatic N) is 2. The minimum atomic E-state index is 0.847. The van der Waals surface area contributed by atoms with E-state index in [9.17, 15) is 0 Å². The molecule has 1 saturated heterocycles. The molecule has 0 radical (unpaired) electrons. The summed E-state index contributed by atoms with van der Waals surface area (Å²) >= 11 is 0. The first kappa shape index (κ1) is 14.3. The van der Waals surface area contributed by atoms with E-state index in [1.54, 1.807) is 0 Å². The molecule has 1 aliphatic heterocycles. The highest BCUT2D eigenvalue weighted by atomic mass is 15.2. The fourth-order valence-electron chi connectivity index (χ4n) is 3.01. The van der Waals surface area contributed by atoms with E-state index in [0.717, 1.165) is 30.5 Å². The van der Waals surface area contributed by atoms with Gasteiger partial charge >= 0.3 is 0 Å². The summed E-state index contributed by atoms with van der Waals surface area (Å²) < 4.78 is 0. The Morgan fingerprint density at radius 3 is 3.00 bits per heavy atom. The van der Waals surface area contributed by atoms with Gasteiger partial charge < -0.3 is 10.2 Å². The molecule has 19 heavy (non-hydrogen) atoms. The van der Waals surface area contributed by atoms with Crippen LogP contribution >= 0.6 is 0 Å². The van der Waals surface area contributed by atoms with Crippen molar-refractivity contribution in [1.82, 2.24) is 10.3 Å². The highest BCUT2D eigenvalue weighted by molar-refractivity contribution is 5.39. The zero-order valence-corrected chi connectivity index (χ0v) is 12.4. The van der Waals surface area contributed by atoms with E-state index in [-0.39, 0.29) is 0 Å². The number of aromatic nitrogens is 1. The Kier molecular flexibility index (Phi) is 5.64. The molecule has 1 aliphatic rings. The van der Waals surface area contributed by atoms with E-state index in [1.807, 2.05) is 7.05 Å². The van der Waals surface area contributed by atoms with Gasteiger partial charge in [0.05, 0.1) is 5.69 Å². The second-order valence-electron chi connectivity index (χ2n) is 5.59. The average molecular weight is 261 g/mol. The molecule has 0 bridgehead atoms. The Morgan fingerprint density at radius 2 is 2.21 bits per heavy atom. The summed E-state index contributed by atoms with van der Waals surface area (Å²) in [5.74, 6) is 2.08. The maximum atomic E-state index is 4.76. The molecule has 3 nitrogen and oxygen atoms in total. The fourth-order valence-corrected chi connectivity index (χ4v) is 3.01. The molecule has 1 aromatic rings. The topological polar surface area (TPSA) is 28.2 Å². The van der Waals surface area contributed by atoms with Gasteiger partial charge in [-0.1, -0.05) is 25.8 Å². The van der Waals surface area contributed by atoms with Crippen molar-refractivity contribution in [1.29, 1.82) is 0 Å². The predicted octanol–water partition coefficient (Wildman–Crippen LogP) is 3.21. The van der Waals surface area contributed by atoms with Crippen LogP contribution in [0.5, 0.6) is 0 Å². The summed E-state index contributed by atoms with van der Waals surface area (Å²) in [6.07, 6.45) is 6.73. The van der Waals surface area contributed by atoms with Gasteiger partial charge in [-0.2, -0.15) is 0 Å². The minimum Gasteiger partial charge on any atom is -0.357 e. The van der Waals surface area contributed by atoms with Gasteiger partial charge in [0.25, 0.3) is 0 Å². The van der Waals surface area contributed by atoms with E-state index in [4.69, 9.17) is 4.98 Å². The molecular weight excluding hydrogens is 234 g/mol. The van der Waals surface area contributed by atoms with Crippen LogP contribution in [0, 0.1) is 5.92 Å². The molecule has 1 aromatic heterocycles. The molecule has 0 amide bonds. The van der Waals surface area contributed by atoms with Crippen LogP contribution in [-0.4, -0.2) is 25.1 Å². The highest BCUT2D eigenvalue weighted by Gasteiger charge is 2.17. The van der Waals surface area contributed by atoms with Crippen molar-refractivity contribution in [2.75, 3.05) is 25.0 Å². The van der Waals surface area contributed by atoms with Crippen molar-refractivity contribution in [3.63, 3.8) is 0 Å². The third-order valence-electron chi connectivity index (χ3n) is 4.02. The van der Waals surface area contributed by atoms with E-state index in [1.165, 1.54) is 38.6 Å². The largest absolute Gasteiger partial charge is 0.357 e. The Labute approximate surface area is 117 Å². The monoisotopic (exact) mass is 261 g/mol. The molecule has 1 unspecified atom stereocenters. The van der Waals surface area contributed by atoms with Crippen LogP contribution in [0.1, 0.15) is 44.7 Å². The van der Waals surface area contributed by atoms with Crippen molar-refractivity contribution >= 4 is 5.82 Å². The maximum absolute atomic E-state index is 4.76. The number of nitrogens with one attached hydrogen (secondary N) is 1. The fraction of sp³-hybridized carbons (Fsp3) is 0.688. The molecule has 106 valence electrons. The number of rotatable bonds is 5. The Morgan fingerprint density at radius 1 is 1.32 bits per heavy atom. The summed E-state index contributed by atoms with van der Waals surface area (Å²) in [7, 11) is 1.97. The lowest BCUT2D eigenvalue weighted by Gasteiger charge is -2.22. The van der Waals surface area contributed by atoms with Crippen molar-refractivity contribution in [2.24, 2.45) is 5.92 Å². The van der Waals surface area contributed by atoms with Crippen molar-refractivity contribution < 1.29 is 0 Å². The molecule has 0 saturated carbocycles. The summed E-state index contributed by atoms with van der Waals surface area (Å²) in [5.41, 5.74) is 1.13. The molecule has 1 fully saturated rings. The van der Waals surface area contributed by atoms with E-state index < -0.39 is 0 Å². The smallest absolute Gasteiger partial charge is 0.128 e. The second kappa shape index (κ2) is 7.49. The normalized spacial score (nSPS) is 20.3. The predicted molar refractivity (Wildman–Crippen MR) is 81.5 cm³/mol. The van der Waals surface area contributed by atoms with Gasteiger partial charge in [-0.05, 0) is 44.4 Å². The standard InChI is InChI=1S/C16H27N3/c1-3-6-14-7-5-11-19(12-10-14)16-9-4-8-15(18-16)13-17-2/h4,8-9,14,17H,3,5-7,10-13H2,1-2H3. The first-order valence-corrected chi connectivity index (χ1v) is 7.69. The molecule has 3 heteroatoms. The van der Waals surface area contributed by atoms with E-state index >= 15 is 0 Å². The molecule has 2 rings (SSSR count). The van der Waals surface area contributed by atoms with Gasteiger partial charge in [-0.3, -0.25) is 0 Å². The van der Waals surface area contributed by atoms with Crippen LogP contribution in [0.3, 0.4) is 0 Å². The maximum Gasteiger partial charge on any atom is 0.128 e. The van der Waals surface area contributed by atoms with Crippen LogP contribution in [0.4, 0.5) is 5.82 Å². The van der Waals surface area contributed by atoms with Gasteiger partial charge in [-0.15, -0.1) is 0 Å². The summed E-state index contributed by atoms with van der Waals surface area (Å²) in [6.45, 7) is 5.47. The first-order valence-electron chi connectivity index (χ1n) is 7.69. The Balaban J connectivity index is 1.99. The van der Waals surface area contributed by atoms with Gasteiger partial charge in [0.2, 0.25) is 0 Å². The molecule has 0 spiro atoms. The molecule has 0 aliphatic carbocycles. The number of hydrogen-bond donors (Lipinski definition) is 1. The molecular formula is C16H27N3. The lowest BCUT2D eigenvalue weighted by molar-refractivity contribution is 0.435. The first-order chi connectivity index (χ1) is 9.33. The van der Waals surface area contributed by atoms with Crippen LogP contribution in [-0.2, 0) is 6.54 Å². The van der Waals surface area contributed by atoms with E-state index in [0.29, 0.717) is 0 Å². The lowest BCUT2D eigenvalue weighted by atomic mass is 9.96. The van der Waals surface area contributed by atoms with Crippen molar-refractivity contribution in [2.45, 2.75) is 45.6 Å².